The fourth-order valence-corrected chi connectivity index (χ4v) is 2.17. The summed E-state index contributed by atoms with van der Waals surface area (Å²) in [7, 11) is 0. The molecule has 0 radical (unpaired) electrons. The molecule has 1 aliphatic carbocycles. The Bertz CT molecular complexity index is 379. The molecule has 0 bridgehead atoms. The Balaban J connectivity index is 2.94. The van der Waals surface area contributed by atoms with Crippen molar-refractivity contribution in [2.45, 2.75) is 52.0 Å². The predicted molar refractivity (Wildman–Crippen MR) is 69.9 cm³/mol. The van der Waals surface area contributed by atoms with Crippen LogP contribution in [0.15, 0.2) is 23.9 Å². The van der Waals surface area contributed by atoms with Crippen LogP contribution in [-0.4, -0.2) is 27.9 Å². The van der Waals surface area contributed by atoms with Gasteiger partial charge >= 0.3 is 5.97 Å². The maximum atomic E-state index is 12.1. The zero-order valence-electron chi connectivity index (χ0n) is 11.1. The van der Waals surface area contributed by atoms with Crippen LogP contribution in [-0.2, 0) is 9.59 Å². The third-order valence-corrected chi connectivity index (χ3v) is 3.24. The van der Waals surface area contributed by atoms with Crippen molar-refractivity contribution in [3.05, 3.63) is 23.9 Å². The molecule has 1 N–H and O–H groups in total. The van der Waals surface area contributed by atoms with Crippen LogP contribution in [0.1, 0.15) is 46.0 Å². The molecule has 1 amide bonds. The first kappa shape index (κ1) is 14.5. The number of carbonyl (C=O) groups excluding carboxylic acids is 1. The summed E-state index contributed by atoms with van der Waals surface area (Å²) in [6.07, 6.45) is 6.68. The molecule has 0 aromatic heterocycles. The third kappa shape index (κ3) is 3.72. The first-order valence-electron chi connectivity index (χ1n) is 6.33. The Morgan fingerprint density at radius 3 is 2.22 bits per heavy atom. The Morgan fingerprint density at radius 1 is 1.22 bits per heavy atom. The number of nitrogens with zero attached hydrogens (tertiary/aromatic N) is 1. The molecule has 0 atom stereocenters. The van der Waals surface area contributed by atoms with E-state index in [9.17, 15) is 9.59 Å². The summed E-state index contributed by atoms with van der Waals surface area (Å²) in [5, 5.41) is 8.92. The molecule has 4 heteroatoms. The summed E-state index contributed by atoms with van der Waals surface area (Å²) in [5.41, 5.74) is 0.616. The second kappa shape index (κ2) is 6.38. The van der Waals surface area contributed by atoms with Crippen LogP contribution in [0.4, 0.5) is 0 Å². The average molecular weight is 251 g/mol. The van der Waals surface area contributed by atoms with Crippen LogP contribution >= 0.6 is 0 Å². The number of carbonyl (C=O) groups is 2. The van der Waals surface area contributed by atoms with E-state index in [-0.39, 0.29) is 17.5 Å². The molecular weight excluding hydrogens is 230 g/mol. The summed E-state index contributed by atoms with van der Waals surface area (Å²) in [5.74, 6) is -1.17. The monoisotopic (exact) mass is 251 g/mol. The van der Waals surface area contributed by atoms with Crippen molar-refractivity contribution in [2.24, 2.45) is 0 Å². The van der Waals surface area contributed by atoms with Crippen molar-refractivity contribution >= 4 is 11.9 Å². The fraction of sp³-hybridized carbons (Fsp3) is 0.571. The predicted octanol–water partition coefficient (Wildman–Crippen LogP) is 2.71. The molecule has 0 saturated heterocycles. The van der Waals surface area contributed by atoms with Crippen LogP contribution in [0.25, 0.3) is 0 Å². The smallest absolute Gasteiger partial charge is 0.332 e. The van der Waals surface area contributed by atoms with Gasteiger partial charge < -0.3 is 10.0 Å². The Morgan fingerprint density at radius 2 is 1.78 bits per heavy atom. The molecule has 1 rings (SSSR count). The number of carboxylic acids is 1. The van der Waals surface area contributed by atoms with Crippen molar-refractivity contribution in [2.75, 3.05) is 0 Å². The molecule has 1 saturated carbocycles. The summed E-state index contributed by atoms with van der Waals surface area (Å²) in [6, 6.07) is 0.109. The minimum Gasteiger partial charge on any atom is -0.478 e. The Kier molecular flexibility index (Phi) is 5.13. The maximum absolute atomic E-state index is 12.1. The minimum absolute atomic E-state index is 0.109. The molecule has 0 aliphatic heterocycles. The lowest BCUT2D eigenvalue weighted by atomic mass is 9.94. The quantitative estimate of drug-likeness (QED) is 0.781. The van der Waals surface area contributed by atoms with Crippen LogP contribution in [0, 0.1) is 0 Å². The number of hydrogen-bond donors (Lipinski definition) is 1. The number of rotatable bonds is 4. The van der Waals surface area contributed by atoms with Crippen LogP contribution in [0.3, 0.4) is 0 Å². The molecule has 4 nitrogen and oxygen atoms in total. The molecule has 0 heterocycles. The van der Waals surface area contributed by atoms with Crippen molar-refractivity contribution in [3.63, 3.8) is 0 Å². The van der Waals surface area contributed by atoms with E-state index in [1.54, 1.807) is 11.8 Å². The van der Waals surface area contributed by atoms with E-state index in [1.165, 1.54) is 19.5 Å². The van der Waals surface area contributed by atoms with Gasteiger partial charge in [0.25, 0.3) is 5.91 Å². The zero-order chi connectivity index (χ0) is 13.7. The summed E-state index contributed by atoms with van der Waals surface area (Å²) >= 11 is 0. The molecule has 1 fully saturated rings. The van der Waals surface area contributed by atoms with Gasteiger partial charge in [0.15, 0.2) is 0 Å². The topological polar surface area (TPSA) is 57.6 Å². The Hall–Kier alpha value is -1.58. The van der Waals surface area contributed by atoms with Gasteiger partial charge in [0.1, 0.15) is 0 Å². The van der Waals surface area contributed by atoms with Gasteiger partial charge in [-0.1, -0.05) is 25.8 Å². The normalized spacial score (nSPS) is 17.3. The van der Waals surface area contributed by atoms with E-state index in [0.29, 0.717) is 5.57 Å². The Labute approximate surface area is 108 Å². The molecule has 0 aromatic carbocycles. The largest absolute Gasteiger partial charge is 0.478 e. The first-order chi connectivity index (χ1) is 8.43. The van der Waals surface area contributed by atoms with Gasteiger partial charge in [-0.05, 0) is 26.7 Å². The van der Waals surface area contributed by atoms with E-state index < -0.39 is 5.97 Å². The van der Waals surface area contributed by atoms with Gasteiger partial charge in [-0.15, -0.1) is 0 Å². The van der Waals surface area contributed by atoms with E-state index in [2.05, 4.69) is 6.58 Å². The first-order valence-corrected chi connectivity index (χ1v) is 6.33. The van der Waals surface area contributed by atoms with Gasteiger partial charge in [0.05, 0.1) is 5.57 Å². The SMILES string of the molecule is C=C(C)C(=O)N(C=C(C)C(=O)O)C1CCCCC1. The van der Waals surface area contributed by atoms with Crippen molar-refractivity contribution < 1.29 is 14.7 Å². The maximum Gasteiger partial charge on any atom is 0.332 e. The van der Waals surface area contributed by atoms with Gasteiger partial charge in [0.2, 0.25) is 0 Å². The molecule has 0 unspecified atom stereocenters. The molecule has 0 spiro atoms. The van der Waals surface area contributed by atoms with Crippen molar-refractivity contribution in [3.8, 4) is 0 Å². The summed E-state index contributed by atoms with van der Waals surface area (Å²) in [4.78, 5) is 24.5. The van der Waals surface area contributed by atoms with Crippen molar-refractivity contribution in [1.82, 2.24) is 4.90 Å². The molecule has 0 aromatic rings. The zero-order valence-corrected chi connectivity index (χ0v) is 11.1. The molecular formula is C14H21NO3. The molecule has 18 heavy (non-hydrogen) atoms. The van der Waals surface area contributed by atoms with Gasteiger partial charge in [-0.2, -0.15) is 0 Å². The summed E-state index contributed by atoms with van der Waals surface area (Å²) in [6.45, 7) is 6.81. The van der Waals surface area contributed by atoms with E-state index in [1.807, 2.05) is 0 Å². The highest BCUT2D eigenvalue weighted by molar-refractivity contribution is 5.94. The fourth-order valence-electron chi connectivity index (χ4n) is 2.17. The highest BCUT2D eigenvalue weighted by Gasteiger charge is 2.25. The lowest BCUT2D eigenvalue weighted by Crippen LogP contribution is -2.38. The van der Waals surface area contributed by atoms with E-state index in [0.717, 1.165) is 25.7 Å². The number of carboxylic acid groups (broad SMARTS) is 1. The van der Waals surface area contributed by atoms with Crippen LogP contribution in [0.5, 0.6) is 0 Å². The van der Waals surface area contributed by atoms with E-state index in [4.69, 9.17) is 5.11 Å². The molecule has 100 valence electrons. The highest BCUT2D eigenvalue weighted by Crippen LogP contribution is 2.24. The lowest BCUT2D eigenvalue weighted by molar-refractivity contribution is -0.132. The van der Waals surface area contributed by atoms with Crippen LogP contribution < -0.4 is 0 Å². The second-order valence-corrected chi connectivity index (χ2v) is 4.90. The molecule has 1 aliphatic rings. The number of hydrogen-bond acceptors (Lipinski definition) is 2. The van der Waals surface area contributed by atoms with E-state index >= 15 is 0 Å². The average Bonchev–Trinajstić information content (AvgIpc) is 2.35. The highest BCUT2D eigenvalue weighted by atomic mass is 16.4. The van der Waals surface area contributed by atoms with Gasteiger partial charge in [0, 0.05) is 17.8 Å². The van der Waals surface area contributed by atoms with Gasteiger partial charge in [-0.3, -0.25) is 4.79 Å². The number of aliphatic carboxylic acids is 1. The summed E-state index contributed by atoms with van der Waals surface area (Å²) < 4.78 is 0. The minimum atomic E-state index is -0.995. The van der Waals surface area contributed by atoms with Crippen LogP contribution in [0.2, 0.25) is 0 Å². The van der Waals surface area contributed by atoms with Gasteiger partial charge in [-0.25, -0.2) is 4.79 Å². The standard InChI is InChI=1S/C14H21NO3/c1-10(2)13(16)15(9-11(3)14(17)18)12-7-5-4-6-8-12/h9,12H,1,4-8H2,2-3H3,(H,17,18). The number of amides is 1. The third-order valence-electron chi connectivity index (χ3n) is 3.24. The lowest BCUT2D eigenvalue weighted by Gasteiger charge is -2.32. The van der Waals surface area contributed by atoms with Crippen molar-refractivity contribution in [1.29, 1.82) is 0 Å². The second-order valence-electron chi connectivity index (χ2n) is 4.90.